The minimum atomic E-state index is -0.322. The fourth-order valence-electron chi connectivity index (χ4n) is 1.10. The first-order chi connectivity index (χ1) is 8.02. The number of carbonyl (C=O) groups excluding carboxylic acids is 1. The van der Waals surface area contributed by atoms with Crippen LogP contribution < -0.4 is 10.1 Å². The molecule has 0 aliphatic heterocycles. The Kier molecular flexibility index (Phi) is 5.55. The number of carbonyl (C=O) groups is 1. The van der Waals surface area contributed by atoms with Gasteiger partial charge in [0.05, 0.1) is 11.6 Å². The number of hydrogen-bond donors (Lipinski definition) is 2. The Balaban J connectivity index is 2.47. The molecule has 0 heterocycles. The maximum Gasteiger partial charge on any atom is 0.258 e. The molecule has 1 aromatic rings. The highest BCUT2D eigenvalue weighted by Crippen LogP contribution is 2.27. The molecule has 1 aromatic carbocycles. The molecule has 0 aliphatic rings. The van der Waals surface area contributed by atoms with Gasteiger partial charge in [-0.25, -0.2) is 0 Å². The molecule has 1 amide bonds. The Morgan fingerprint density at radius 1 is 1.53 bits per heavy atom. The van der Waals surface area contributed by atoms with Gasteiger partial charge in [0.1, 0.15) is 5.75 Å². The topological polar surface area (TPSA) is 58.6 Å². The van der Waals surface area contributed by atoms with Gasteiger partial charge in [0.25, 0.3) is 5.91 Å². The lowest BCUT2D eigenvalue weighted by atomic mass is 10.3. The van der Waals surface area contributed by atoms with Crippen molar-refractivity contribution < 1.29 is 14.6 Å². The van der Waals surface area contributed by atoms with E-state index in [-0.39, 0.29) is 25.2 Å². The number of nitrogens with one attached hydrogen (secondary N) is 1. The summed E-state index contributed by atoms with van der Waals surface area (Å²) in [6, 6.07) is 4.45. The molecule has 94 valence electrons. The average molecular weight is 278 g/mol. The van der Waals surface area contributed by atoms with Gasteiger partial charge in [-0.05, 0) is 25.1 Å². The van der Waals surface area contributed by atoms with Gasteiger partial charge < -0.3 is 15.2 Å². The second kappa shape index (κ2) is 6.69. The molecule has 0 saturated heterocycles. The molecular weight excluding hydrogens is 265 g/mol. The van der Waals surface area contributed by atoms with Crippen LogP contribution in [0.5, 0.6) is 5.75 Å². The summed E-state index contributed by atoms with van der Waals surface area (Å²) in [6.45, 7) is 1.41. The van der Waals surface area contributed by atoms with E-state index in [1.165, 1.54) is 6.07 Å². The fourth-order valence-corrected chi connectivity index (χ4v) is 1.56. The molecule has 4 nitrogen and oxygen atoms in total. The van der Waals surface area contributed by atoms with Gasteiger partial charge in [-0.3, -0.25) is 4.79 Å². The Morgan fingerprint density at radius 2 is 2.24 bits per heavy atom. The summed E-state index contributed by atoms with van der Waals surface area (Å²) in [7, 11) is 0. The van der Waals surface area contributed by atoms with Crippen molar-refractivity contribution in [3.8, 4) is 5.75 Å². The Labute approximate surface area is 109 Å². The first-order valence-electron chi connectivity index (χ1n) is 5.01. The third-order valence-electron chi connectivity index (χ3n) is 1.93. The number of aliphatic hydroxyl groups is 1. The lowest BCUT2D eigenvalue weighted by Crippen LogP contribution is -2.38. The number of hydrogen-bond acceptors (Lipinski definition) is 3. The maximum absolute atomic E-state index is 11.3. The molecule has 0 spiro atoms. The largest absolute Gasteiger partial charge is 0.482 e. The van der Waals surface area contributed by atoms with Crippen molar-refractivity contribution in [3.63, 3.8) is 0 Å². The summed E-state index contributed by atoms with van der Waals surface area (Å²) >= 11 is 11.6. The Hall–Kier alpha value is -0.970. The zero-order chi connectivity index (χ0) is 12.8. The molecule has 0 aliphatic carbocycles. The predicted molar refractivity (Wildman–Crippen MR) is 66.6 cm³/mol. The van der Waals surface area contributed by atoms with Crippen molar-refractivity contribution >= 4 is 29.1 Å². The van der Waals surface area contributed by atoms with Crippen LogP contribution in [-0.4, -0.2) is 30.3 Å². The van der Waals surface area contributed by atoms with Crippen molar-refractivity contribution in [2.24, 2.45) is 0 Å². The second-order valence-electron chi connectivity index (χ2n) is 3.51. The van der Waals surface area contributed by atoms with Crippen molar-refractivity contribution in [2.45, 2.75) is 13.0 Å². The minimum Gasteiger partial charge on any atom is -0.482 e. The quantitative estimate of drug-likeness (QED) is 0.864. The standard InChI is InChI=1S/C11H13Cl2NO3/c1-7(5-15)14-11(16)6-17-10-3-2-8(12)4-9(10)13/h2-4,7,15H,5-6H2,1H3,(H,14,16)/t7-/m1/s1. The van der Waals surface area contributed by atoms with E-state index in [4.69, 9.17) is 33.0 Å². The molecule has 0 aromatic heterocycles. The van der Waals surface area contributed by atoms with Crippen molar-refractivity contribution in [1.82, 2.24) is 5.32 Å². The zero-order valence-electron chi connectivity index (χ0n) is 9.24. The number of amides is 1. The van der Waals surface area contributed by atoms with Crippen LogP contribution in [-0.2, 0) is 4.79 Å². The highest BCUT2D eigenvalue weighted by Gasteiger charge is 2.08. The summed E-state index contributed by atoms with van der Waals surface area (Å²) in [5, 5.41) is 12.1. The number of ether oxygens (including phenoxy) is 1. The molecule has 0 unspecified atom stereocenters. The highest BCUT2D eigenvalue weighted by molar-refractivity contribution is 6.35. The third-order valence-corrected chi connectivity index (χ3v) is 2.46. The van der Waals surface area contributed by atoms with Gasteiger partial charge >= 0.3 is 0 Å². The lowest BCUT2D eigenvalue weighted by molar-refractivity contribution is -0.123. The van der Waals surface area contributed by atoms with E-state index in [1.54, 1.807) is 19.1 Å². The Morgan fingerprint density at radius 3 is 2.82 bits per heavy atom. The monoisotopic (exact) mass is 277 g/mol. The molecule has 1 atom stereocenters. The number of benzene rings is 1. The van der Waals surface area contributed by atoms with Gasteiger partial charge in [-0.1, -0.05) is 23.2 Å². The van der Waals surface area contributed by atoms with E-state index in [1.807, 2.05) is 0 Å². The molecule has 17 heavy (non-hydrogen) atoms. The fraction of sp³-hybridized carbons (Fsp3) is 0.364. The van der Waals surface area contributed by atoms with E-state index in [0.717, 1.165) is 0 Å². The molecule has 2 N–H and O–H groups in total. The normalized spacial score (nSPS) is 12.0. The molecule has 0 radical (unpaired) electrons. The van der Waals surface area contributed by atoms with Gasteiger partial charge in [-0.15, -0.1) is 0 Å². The minimum absolute atomic E-state index is 0.118. The molecule has 0 fully saturated rings. The van der Waals surface area contributed by atoms with Crippen LogP contribution in [0.3, 0.4) is 0 Å². The van der Waals surface area contributed by atoms with Crippen molar-refractivity contribution in [3.05, 3.63) is 28.2 Å². The van der Waals surface area contributed by atoms with Crippen molar-refractivity contribution in [2.75, 3.05) is 13.2 Å². The van der Waals surface area contributed by atoms with Crippen molar-refractivity contribution in [1.29, 1.82) is 0 Å². The highest BCUT2D eigenvalue weighted by atomic mass is 35.5. The van der Waals surface area contributed by atoms with Crippen LogP contribution in [0.4, 0.5) is 0 Å². The summed E-state index contributed by atoms with van der Waals surface area (Å²) in [6.07, 6.45) is 0. The third kappa shape index (κ3) is 4.81. The van der Waals surface area contributed by atoms with Crippen LogP contribution >= 0.6 is 23.2 Å². The molecule has 6 heteroatoms. The first kappa shape index (κ1) is 14.1. The van der Waals surface area contributed by atoms with E-state index < -0.39 is 0 Å². The molecule has 1 rings (SSSR count). The summed E-state index contributed by atoms with van der Waals surface area (Å²) in [4.78, 5) is 11.3. The zero-order valence-corrected chi connectivity index (χ0v) is 10.8. The summed E-state index contributed by atoms with van der Waals surface area (Å²) in [5.41, 5.74) is 0. The number of aliphatic hydroxyl groups excluding tert-OH is 1. The number of rotatable bonds is 5. The summed E-state index contributed by atoms with van der Waals surface area (Å²) < 4.78 is 5.21. The van der Waals surface area contributed by atoms with E-state index in [2.05, 4.69) is 5.32 Å². The van der Waals surface area contributed by atoms with Crippen LogP contribution in [0.1, 0.15) is 6.92 Å². The van der Waals surface area contributed by atoms with Gasteiger partial charge in [-0.2, -0.15) is 0 Å². The predicted octanol–water partition coefficient (Wildman–Crippen LogP) is 1.87. The number of halogens is 2. The Bertz CT molecular complexity index is 398. The van der Waals surface area contributed by atoms with Crippen LogP contribution in [0, 0.1) is 0 Å². The van der Waals surface area contributed by atoms with Crippen LogP contribution in [0.2, 0.25) is 10.0 Å². The van der Waals surface area contributed by atoms with E-state index >= 15 is 0 Å². The smallest absolute Gasteiger partial charge is 0.258 e. The molecule has 0 saturated carbocycles. The van der Waals surface area contributed by atoms with E-state index in [0.29, 0.717) is 15.8 Å². The molecule has 0 bridgehead atoms. The lowest BCUT2D eigenvalue weighted by Gasteiger charge is -2.12. The van der Waals surface area contributed by atoms with Gasteiger partial charge in [0.15, 0.2) is 6.61 Å². The van der Waals surface area contributed by atoms with Crippen LogP contribution in [0.25, 0.3) is 0 Å². The maximum atomic E-state index is 11.3. The molecular formula is C11H13Cl2NO3. The summed E-state index contributed by atoms with van der Waals surface area (Å²) in [5.74, 6) is 0.0698. The van der Waals surface area contributed by atoms with E-state index in [9.17, 15) is 4.79 Å². The SMILES string of the molecule is C[C@H](CO)NC(=O)COc1ccc(Cl)cc1Cl. The first-order valence-corrected chi connectivity index (χ1v) is 5.76. The van der Waals surface area contributed by atoms with Crippen LogP contribution in [0.15, 0.2) is 18.2 Å². The average Bonchev–Trinajstić information content (AvgIpc) is 2.27. The second-order valence-corrected chi connectivity index (χ2v) is 4.36. The van der Waals surface area contributed by atoms with Gasteiger partial charge in [0.2, 0.25) is 0 Å². The van der Waals surface area contributed by atoms with Gasteiger partial charge in [0, 0.05) is 11.1 Å².